The molecule has 0 aromatic carbocycles. The van der Waals surface area contributed by atoms with Crippen LogP contribution in [0.2, 0.25) is 0 Å². The maximum Gasteiger partial charge on any atom is 0.124 e. The van der Waals surface area contributed by atoms with Crippen LogP contribution in [0.3, 0.4) is 0 Å². The smallest absolute Gasteiger partial charge is 0.124 e. The Morgan fingerprint density at radius 3 is 3.00 bits per heavy atom. The molecule has 0 saturated heterocycles. The molecular weight excluding hydrogens is 232 g/mol. The van der Waals surface area contributed by atoms with Crippen LogP contribution in [-0.2, 0) is 11.3 Å². The molecular formula is C9H13BrN2O. The second kappa shape index (κ2) is 4.24. The van der Waals surface area contributed by atoms with Gasteiger partial charge in [-0.2, -0.15) is 0 Å². The molecule has 1 aliphatic rings. The van der Waals surface area contributed by atoms with Crippen molar-refractivity contribution in [1.29, 1.82) is 0 Å². The van der Waals surface area contributed by atoms with Gasteiger partial charge >= 0.3 is 0 Å². The third-order valence-electron chi connectivity index (χ3n) is 2.36. The lowest BCUT2D eigenvalue weighted by Gasteiger charge is -2.25. The van der Waals surface area contributed by atoms with Crippen molar-refractivity contribution in [2.75, 3.05) is 6.61 Å². The van der Waals surface area contributed by atoms with Crippen molar-refractivity contribution in [2.24, 2.45) is 0 Å². The molecule has 72 valence electrons. The molecule has 3 nitrogen and oxygen atoms in total. The molecule has 13 heavy (non-hydrogen) atoms. The van der Waals surface area contributed by atoms with Gasteiger partial charge in [-0.3, -0.25) is 0 Å². The molecule has 0 aliphatic heterocycles. The van der Waals surface area contributed by atoms with E-state index in [1.807, 2.05) is 17.1 Å². The zero-order valence-corrected chi connectivity index (χ0v) is 9.03. The Hall–Kier alpha value is -0.350. The van der Waals surface area contributed by atoms with Gasteiger partial charge in [0, 0.05) is 12.7 Å². The first kappa shape index (κ1) is 9.21. The van der Waals surface area contributed by atoms with Gasteiger partial charge in [0.25, 0.3) is 0 Å². The van der Waals surface area contributed by atoms with Crippen LogP contribution in [0, 0.1) is 0 Å². The molecule has 0 unspecified atom stereocenters. The highest BCUT2D eigenvalue weighted by Gasteiger charge is 2.17. The van der Waals surface area contributed by atoms with Crippen LogP contribution in [0.1, 0.15) is 19.3 Å². The Kier molecular flexibility index (Phi) is 3.01. The van der Waals surface area contributed by atoms with E-state index in [4.69, 9.17) is 4.74 Å². The number of hydrogen-bond donors (Lipinski definition) is 0. The fourth-order valence-corrected chi connectivity index (χ4v) is 1.67. The van der Waals surface area contributed by atoms with Gasteiger partial charge in [0.2, 0.25) is 0 Å². The lowest BCUT2D eigenvalue weighted by Crippen LogP contribution is -2.23. The Balaban J connectivity index is 1.67. The average molecular weight is 245 g/mol. The quantitative estimate of drug-likeness (QED) is 0.813. The van der Waals surface area contributed by atoms with Crippen molar-refractivity contribution in [1.82, 2.24) is 9.55 Å². The fourth-order valence-electron chi connectivity index (χ4n) is 1.32. The maximum atomic E-state index is 5.63. The summed E-state index contributed by atoms with van der Waals surface area (Å²) in [4.78, 5) is 4.07. The normalized spacial score (nSPS) is 17.3. The molecule has 0 bridgehead atoms. The molecule has 0 N–H and O–H groups in total. The minimum absolute atomic E-state index is 0.534. The van der Waals surface area contributed by atoms with Gasteiger partial charge in [-0.15, -0.1) is 0 Å². The molecule has 1 fully saturated rings. The zero-order chi connectivity index (χ0) is 9.10. The van der Waals surface area contributed by atoms with Gasteiger partial charge in [0.05, 0.1) is 19.0 Å². The molecule has 0 spiro atoms. The standard InChI is InChI=1S/C9H13BrN2O/c10-9-6-12(7-11-9)4-5-13-8-2-1-3-8/h6-8H,1-5H2. The summed E-state index contributed by atoms with van der Waals surface area (Å²) in [5.41, 5.74) is 0. The minimum Gasteiger partial charge on any atom is -0.376 e. The van der Waals surface area contributed by atoms with Crippen molar-refractivity contribution in [2.45, 2.75) is 31.9 Å². The van der Waals surface area contributed by atoms with E-state index in [-0.39, 0.29) is 0 Å². The summed E-state index contributed by atoms with van der Waals surface area (Å²) >= 11 is 3.31. The van der Waals surface area contributed by atoms with Gasteiger partial charge in [0.1, 0.15) is 4.60 Å². The first-order valence-electron chi connectivity index (χ1n) is 4.63. The predicted molar refractivity (Wildman–Crippen MR) is 53.5 cm³/mol. The molecule has 1 heterocycles. The molecule has 1 saturated carbocycles. The van der Waals surface area contributed by atoms with E-state index in [1.54, 1.807) is 0 Å². The van der Waals surface area contributed by atoms with E-state index >= 15 is 0 Å². The number of hydrogen-bond acceptors (Lipinski definition) is 2. The van der Waals surface area contributed by atoms with E-state index < -0.39 is 0 Å². The van der Waals surface area contributed by atoms with Crippen LogP contribution >= 0.6 is 15.9 Å². The van der Waals surface area contributed by atoms with Crippen molar-refractivity contribution in [3.63, 3.8) is 0 Å². The minimum atomic E-state index is 0.534. The van der Waals surface area contributed by atoms with Gasteiger partial charge in [-0.05, 0) is 35.2 Å². The SMILES string of the molecule is Brc1cn(CCOC2CCC2)cn1. The Morgan fingerprint density at radius 1 is 1.62 bits per heavy atom. The Bertz CT molecular complexity index is 270. The first-order valence-corrected chi connectivity index (χ1v) is 5.43. The van der Waals surface area contributed by atoms with Crippen LogP contribution in [-0.4, -0.2) is 22.3 Å². The van der Waals surface area contributed by atoms with Crippen LogP contribution in [0.25, 0.3) is 0 Å². The highest BCUT2D eigenvalue weighted by Crippen LogP contribution is 2.21. The molecule has 1 aromatic heterocycles. The van der Waals surface area contributed by atoms with E-state index in [0.29, 0.717) is 6.10 Å². The summed E-state index contributed by atoms with van der Waals surface area (Å²) in [6, 6.07) is 0. The topological polar surface area (TPSA) is 27.1 Å². The van der Waals surface area contributed by atoms with E-state index in [1.165, 1.54) is 19.3 Å². The third kappa shape index (κ3) is 2.54. The second-order valence-corrected chi connectivity index (χ2v) is 4.17. The van der Waals surface area contributed by atoms with Crippen LogP contribution in [0.5, 0.6) is 0 Å². The van der Waals surface area contributed by atoms with Gasteiger partial charge < -0.3 is 9.30 Å². The van der Waals surface area contributed by atoms with E-state index in [2.05, 4.69) is 20.9 Å². The zero-order valence-electron chi connectivity index (χ0n) is 7.45. The molecule has 0 atom stereocenters. The summed E-state index contributed by atoms with van der Waals surface area (Å²) < 4.78 is 8.54. The molecule has 1 aromatic rings. The number of ether oxygens (including phenoxy) is 1. The van der Waals surface area contributed by atoms with Gasteiger partial charge in [-0.1, -0.05) is 0 Å². The second-order valence-electron chi connectivity index (χ2n) is 3.36. The lowest BCUT2D eigenvalue weighted by molar-refractivity contribution is -0.00133. The van der Waals surface area contributed by atoms with Gasteiger partial charge in [-0.25, -0.2) is 4.98 Å². The van der Waals surface area contributed by atoms with Crippen molar-refractivity contribution < 1.29 is 4.74 Å². The van der Waals surface area contributed by atoms with Gasteiger partial charge in [0.15, 0.2) is 0 Å². The maximum absolute atomic E-state index is 5.63. The van der Waals surface area contributed by atoms with E-state index in [9.17, 15) is 0 Å². The molecule has 0 radical (unpaired) electrons. The first-order chi connectivity index (χ1) is 6.34. The predicted octanol–water partition coefficient (Wildman–Crippen LogP) is 2.21. The highest BCUT2D eigenvalue weighted by molar-refractivity contribution is 9.10. The third-order valence-corrected chi connectivity index (χ3v) is 2.77. The average Bonchev–Trinajstić information content (AvgIpc) is 2.42. The van der Waals surface area contributed by atoms with Crippen molar-refractivity contribution >= 4 is 15.9 Å². The number of halogens is 1. The van der Waals surface area contributed by atoms with Crippen LogP contribution < -0.4 is 0 Å². The number of nitrogens with zero attached hydrogens (tertiary/aromatic N) is 2. The largest absolute Gasteiger partial charge is 0.376 e. The molecule has 0 amide bonds. The molecule has 2 rings (SSSR count). The summed E-state index contributed by atoms with van der Waals surface area (Å²) in [7, 11) is 0. The Morgan fingerprint density at radius 2 is 2.46 bits per heavy atom. The van der Waals surface area contributed by atoms with Crippen molar-refractivity contribution in [3.05, 3.63) is 17.1 Å². The summed E-state index contributed by atoms with van der Waals surface area (Å²) in [5, 5.41) is 0. The van der Waals surface area contributed by atoms with E-state index in [0.717, 1.165) is 17.8 Å². The summed E-state index contributed by atoms with van der Waals surface area (Å²) in [6.45, 7) is 1.70. The highest BCUT2D eigenvalue weighted by atomic mass is 79.9. The lowest BCUT2D eigenvalue weighted by atomic mass is 9.96. The number of rotatable bonds is 4. The summed E-state index contributed by atoms with van der Waals surface area (Å²) in [6.07, 6.45) is 8.13. The van der Waals surface area contributed by atoms with Crippen molar-refractivity contribution in [3.8, 4) is 0 Å². The fraction of sp³-hybridized carbons (Fsp3) is 0.667. The number of aromatic nitrogens is 2. The molecule has 4 heteroatoms. The molecule has 1 aliphatic carbocycles. The monoisotopic (exact) mass is 244 g/mol. The summed E-state index contributed by atoms with van der Waals surface area (Å²) in [5.74, 6) is 0. The van der Waals surface area contributed by atoms with Crippen LogP contribution in [0.4, 0.5) is 0 Å². The Labute approximate surface area is 86.2 Å². The number of imidazole rings is 1. The van der Waals surface area contributed by atoms with Crippen LogP contribution in [0.15, 0.2) is 17.1 Å².